The minimum Gasteiger partial charge on any atom is -0.375 e. The van der Waals surface area contributed by atoms with Crippen LogP contribution in [0.3, 0.4) is 0 Å². The van der Waals surface area contributed by atoms with E-state index in [9.17, 15) is 0 Å². The van der Waals surface area contributed by atoms with Gasteiger partial charge in [-0.1, -0.05) is 13.0 Å². The van der Waals surface area contributed by atoms with E-state index < -0.39 is 0 Å². The lowest BCUT2D eigenvalue weighted by molar-refractivity contribution is -0.0592. The molecule has 20 heavy (non-hydrogen) atoms. The SMILES string of the molecule is CCNCc1cccc(CN2CCOC3CCCC32)n1. The molecule has 0 spiro atoms. The second-order valence-electron chi connectivity index (χ2n) is 5.78. The Morgan fingerprint density at radius 2 is 2.25 bits per heavy atom. The topological polar surface area (TPSA) is 37.4 Å². The van der Waals surface area contributed by atoms with Crippen molar-refractivity contribution in [2.24, 2.45) is 0 Å². The first-order valence-corrected chi connectivity index (χ1v) is 7.88. The summed E-state index contributed by atoms with van der Waals surface area (Å²) in [6, 6.07) is 6.99. The van der Waals surface area contributed by atoms with Gasteiger partial charge in [0.2, 0.25) is 0 Å². The summed E-state index contributed by atoms with van der Waals surface area (Å²) in [4.78, 5) is 7.34. The molecule has 1 aliphatic carbocycles. The van der Waals surface area contributed by atoms with E-state index in [0.29, 0.717) is 12.1 Å². The van der Waals surface area contributed by atoms with E-state index in [-0.39, 0.29) is 0 Å². The second kappa shape index (κ2) is 6.66. The van der Waals surface area contributed by atoms with Crippen molar-refractivity contribution in [3.63, 3.8) is 0 Å². The van der Waals surface area contributed by atoms with Crippen molar-refractivity contribution >= 4 is 0 Å². The van der Waals surface area contributed by atoms with E-state index in [1.807, 2.05) is 0 Å². The molecule has 1 aromatic rings. The van der Waals surface area contributed by atoms with E-state index in [1.54, 1.807) is 0 Å². The van der Waals surface area contributed by atoms with Gasteiger partial charge in [-0.15, -0.1) is 0 Å². The number of morpholine rings is 1. The van der Waals surface area contributed by atoms with Gasteiger partial charge >= 0.3 is 0 Å². The molecule has 2 aliphatic rings. The van der Waals surface area contributed by atoms with E-state index in [4.69, 9.17) is 9.72 Å². The van der Waals surface area contributed by atoms with E-state index in [0.717, 1.165) is 38.5 Å². The minimum atomic E-state index is 0.466. The van der Waals surface area contributed by atoms with Crippen LogP contribution < -0.4 is 5.32 Å². The number of hydrogen-bond acceptors (Lipinski definition) is 4. The van der Waals surface area contributed by atoms with Crippen LogP contribution in [0.15, 0.2) is 18.2 Å². The van der Waals surface area contributed by atoms with E-state index in [2.05, 4.69) is 35.3 Å². The summed E-state index contributed by atoms with van der Waals surface area (Å²) in [5.74, 6) is 0. The predicted octanol–water partition coefficient (Wildman–Crippen LogP) is 1.94. The number of nitrogens with one attached hydrogen (secondary N) is 1. The lowest BCUT2D eigenvalue weighted by Gasteiger charge is -2.37. The van der Waals surface area contributed by atoms with Crippen LogP contribution in [0.4, 0.5) is 0 Å². The summed E-state index contributed by atoms with van der Waals surface area (Å²) in [6.07, 6.45) is 4.28. The van der Waals surface area contributed by atoms with Crippen LogP contribution in [0.2, 0.25) is 0 Å². The number of ether oxygens (including phenoxy) is 1. The average Bonchev–Trinajstić information content (AvgIpc) is 2.95. The highest BCUT2D eigenvalue weighted by molar-refractivity contribution is 5.11. The normalized spacial score (nSPS) is 26.6. The van der Waals surface area contributed by atoms with Crippen molar-refractivity contribution in [3.8, 4) is 0 Å². The minimum absolute atomic E-state index is 0.466. The maximum Gasteiger partial charge on any atom is 0.0731 e. The fourth-order valence-electron chi connectivity index (χ4n) is 3.38. The Kier molecular flexibility index (Phi) is 4.65. The van der Waals surface area contributed by atoms with Gasteiger partial charge in [0, 0.05) is 25.7 Å². The molecule has 0 aromatic carbocycles. The molecule has 110 valence electrons. The summed E-state index contributed by atoms with van der Waals surface area (Å²) >= 11 is 0. The Labute approximate surface area is 121 Å². The van der Waals surface area contributed by atoms with Gasteiger partial charge in [0.1, 0.15) is 0 Å². The molecule has 2 fully saturated rings. The monoisotopic (exact) mass is 275 g/mol. The molecule has 4 heteroatoms. The highest BCUT2D eigenvalue weighted by Crippen LogP contribution is 2.30. The van der Waals surface area contributed by atoms with Crippen molar-refractivity contribution in [1.29, 1.82) is 0 Å². The first-order valence-electron chi connectivity index (χ1n) is 7.88. The molecule has 1 aromatic heterocycles. The van der Waals surface area contributed by atoms with Gasteiger partial charge in [0.25, 0.3) is 0 Å². The fraction of sp³-hybridized carbons (Fsp3) is 0.688. The van der Waals surface area contributed by atoms with Crippen molar-refractivity contribution < 1.29 is 4.74 Å². The van der Waals surface area contributed by atoms with E-state index >= 15 is 0 Å². The Hall–Kier alpha value is -0.970. The quantitative estimate of drug-likeness (QED) is 0.891. The highest BCUT2D eigenvalue weighted by Gasteiger charge is 2.35. The largest absolute Gasteiger partial charge is 0.375 e. The van der Waals surface area contributed by atoms with Gasteiger partial charge in [-0.05, 0) is 37.9 Å². The maximum absolute atomic E-state index is 5.87. The molecule has 2 heterocycles. The molecule has 3 rings (SSSR count). The van der Waals surface area contributed by atoms with Crippen LogP contribution in [0.5, 0.6) is 0 Å². The third kappa shape index (κ3) is 3.19. The van der Waals surface area contributed by atoms with Crippen LogP contribution in [0.1, 0.15) is 37.6 Å². The Morgan fingerprint density at radius 3 is 3.15 bits per heavy atom. The molecule has 0 amide bonds. The summed E-state index contributed by atoms with van der Waals surface area (Å²) in [5, 5.41) is 3.34. The second-order valence-corrected chi connectivity index (χ2v) is 5.78. The standard InChI is InChI=1S/C16H25N3O/c1-2-17-11-13-5-3-6-14(18-13)12-19-9-10-20-16-8-4-7-15(16)19/h3,5-6,15-17H,2,4,7-12H2,1H3. The van der Waals surface area contributed by atoms with Gasteiger partial charge < -0.3 is 10.1 Å². The van der Waals surface area contributed by atoms with Gasteiger partial charge in [0.15, 0.2) is 0 Å². The molecule has 0 bridgehead atoms. The molecule has 1 N–H and O–H groups in total. The van der Waals surface area contributed by atoms with Crippen LogP contribution in [-0.4, -0.2) is 41.7 Å². The lowest BCUT2D eigenvalue weighted by atomic mass is 10.1. The summed E-state index contributed by atoms with van der Waals surface area (Å²) in [6.45, 7) is 6.85. The van der Waals surface area contributed by atoms with E-state index in [1.165, 1.54) is 25.0 Å². The maximum atomic E-state index is 5.87. The van der Waals surface area contributed by atoms with Crippen molar-refractivity contribution in [3.05, 3.63) is 29.6 Å². The Bertz CT molecular complexity index is 437. The number of aromatic nitrogens is 1. The van der Waals surface area contributed by atoms with Gasteiger partial charge in [-0.2, -0.15) is 0 Å². The Morgan fingerprint density at radius 1 is 1.35 bits per heavy atom. The predicted molar refractivity (Wildman–Crippen MR) is 79.4 cm³/mol. The molecule has 4 nitrogen and oxygen atoms in total. The van der Waals surface area contributed by atoms with Gasteiger partial charge in [-0.3, -0.25) is 9.88 Å². The van der Waals surface area contributed by atoms with Crippen LogP contribution >= 0.6 is 0 Å². The molecule has 2 unspecified atom stereocenters. The zero-order chi connectivity index (χ0) is 13.8. The number of rotatable bonds is 5. The average molecular weight is 275 g/mol. The van der Waals surface area contributed by atoms with Gasteiger partial charge in [0.05, 0.1) is 24.1 Å². The van der Waals surface area contributed by atoms with Crippen molar-refractivity contribution in [2.45, 2.75) is 51.4 Å². The van der Waals surface area contributed by atoms with Crippen molar-refractivity contribution in [1.82, 2.24) is 15.2 Å². The molecule has 1 saturated heterocycles. The van der Waals surface area contributed by atoms with Crippen molar-refractivity contribution in [2.75, 3.05) is 19.7 Å². The smallest absolute Gasteiger partial charge is 0.0731 e. The first-order chi connectivity index (χ1) is 9.86. The molecular weight excluding hydrogens is 250 g/mol. The van der Waals surface area contributed by atoms with Gasteiger partial charge in [-0.25, -0.2) is 0 Å². The summed E-state index contributed by atoms with van der Waals surface area (Å²) in [7, 11) is 0. The molecule has 1 saturated carbocycles. The molecule has 0 radical (unpaired) electrons. The zero-order valence-electron chi connectivity index (χ0n) is 12.3. The van der Waals surface area contributed by atoms with Crippen LogP contribution in [0.25, 0.3) is 0 Å². The third-order valence-electron chi connectivity index (χ3n) is 4.38. The van der Waals surface area contributed by atoms with Crippen LogP contribution in [0, 0.1) is 0 Å². The fourth-order valence-corrected chi connectivity index (χ4v) is 3.38. The summed E-state index contributed by atoms with van der Waals surface area (Å²) in [5.41, 5.74) is 2.33. The molecule has 2 atom stereocenters. The number of hydrogen-bond donors (Lipinski definition) is 1. The Balaban J connectivity index is 1.64. The zero-order valence-corrected chi connectivity index (χ0v) is 12.3. The molecular formula is C16H25N3O. The summed E-state index contributed by atoms with van der Waals surface area (Å²) < 4.78 is 5.87. The third-order valence-corrected chi connectivity index (χ3v) is 4.38. The highest BCUT2D eigenvalue weighted by atomic mass is 16.5. The van der Waals surface area contributed by atoms with Crippen LogP contribution in [-0.2, 0) is 17.8 Å². The number of fused-ring (bicyclic) bond motifs is 1. The number of pyridine rings is 1. The first kappa shape index (κ1) is 14.0. The lowest BCUT2D eigenvalue weighted by Crippen LogP contribution is -2.48. The number of nitrogens with zero attached hydrogens (tertiary/aromatic N) is 2. The molecule has 1 aliphatic heterocycles.